The van der Waals surface area contributed by atoms with Gasteiger partial charge in [0.05, 0.1) is 11.6 Å². The first-order valence-electron chi connectivity index (χ1n) is 6.50. The van der Waals surface area contributed by atoms with Crippen molar-refractivity contribution in [2.75, 3.05) is 6.61 Å². The summed E-state index contributed by atoms with van der Waals surface area (Å²) in [6, 6.07) is 5.49. The van der Waals surface area contributed by atoms with Crippen molar-refractivity contribution < 1.29 is 4.74 Å². The van der Waals surface area contributed by atoms with Gasteiger partial charge in [-0.15, -0.1) is 0 Å². The fourth-order valence-electron chi connectivity index (χ4n) is 2.14. The van der Waals surface area contributed by atoms with Crippen LogP contribution in [-0.4, -0.2) is 18.2 Å². The summed E-state index contributed by atoms with van der Waals surface area (Å²) in [6.45, 7) is 6.78. The zero-order valence-electron chi connectivity index (χ0n) is 11.7. The molecule has 0 aromatic heterocycles. The van der Waals surface area contributed by atoms with Crippen LogP contribution in [0.5, 0.6) is 0 Å². The number of rotatable bonds is 7. The van der Waals surface area contributed by atoms with Gasteiger partial charge in [0, 0.05) is 16.7 Å². The van der Waals surface area contributed by atoms with Crippen molar-refractivity contribution >= 4 is 23.2 Å². The molecule has 1 aromatic carbocycles. The van der Waals surface area contributed by atoms with Crippen LogP contribution in [0.2, 0.25) is 10.0 Å². The lowest BCUT2D eigenvalue weighted by atomic mass is 9.88. The minimum absolute atomic E-state index is 0.0175. The monoisotopic (exact) mass is 304 g/mol. The lowest BCUT2D eigenvalue weighted by molar-refractivity contribution is -0.0550. The number of ether oxygens (including phenoxy) is 1. The Balaban J connectivity index is 2.92. The quantitative estimate of drug-likeness (QED) is 0.598. The van der Waals surface area contributed by atoms with E-state index in [4.69, 9.17) is 33.8 Å². The molecule has 0 spiro atoms. The minimum Gasteiger partial charge on any atom is -0.374 e. The molecule has 0 saturated heterocycles. The highest BCUT2D eigenvalue weighted by Gasteiger charge is 2.33. The molecule has 3 nitrogen and oxygen atoms in total. The van der Waals surface area contributed by atoms with Gasteiger partial charge in [-0.3, -0.25) is 11.3 Å². The third kappa shape index (κ3) is 4.33. The van der Waals surface area contributed by atoms with E-state index < -0.39 is 0 Å². The molecule has 5 heteroatoms. The Labute approximate surface area is 125 Å². The maximum absolute atomic E-state index is 6.21. The van der Waals surface area contributed by atoms with Crippen LogP contribution in [0.15, 0.2) is 18.2 Å². The molecule has 108 valence electrons. The summed E-state index contributed by atoms with van der Waals surface area (Å²) in [5.41, 5.74) is 3.53. The molecule has 0 radical (unpaired) electrons. The van der Waals surface area contributed by atoms with Crippen molar-refractivity contribution in [2.45, 2.75) is 45.3 Å². The minimum atomic E-state index is -0.327. The number of hydrogen-bond donors (Lipinski definition) is 2. The molecule has 3 N–H and O–H groups in total. The molecule has 0 bridgehead atoms. The molecule has 2 unspecified atom stereocenters. The molecule has 0 heterocycles. The molecule has 0 saturated carbocycles. The second-order valence-corrected chi connectivity index (χ2v) is 5.60. The Kier molecular flexibility index (Phi) is 6.57. The first-order chi connectivity index (χ1) is 8.96. The fraction of sp³-hybridized carbons (Fsp3) is 0.571. The summed E-state index contributed by atoms with van der Waals surface area (Å²) in [6.07, 6.45) is 1.55. The van der Waals surface area contributed by atoms with E-state index >= 15 is 0 Å². The maximum atomic E-state index is 6.21. The maximum Gasteiger partial charge on any atom is 0.0820 e. The molecule has 0 aliphatic heterocycles. The van der Waals surface area contributed by atoms with Gasteiger partial charge in [0.1, 0.15) is 0 Å². The Bertz CT molecular complexity index is 414. The molecular formula is C14H22Cl2N2O. The summed E-state index contributed by atoms with van der Waals surface area (Å²) in [7, 11) is 0. The standard InChI is InChI=1S/C14H22Cl2N2O/c1-4-14(3,19-5-2)13(18-17)8-10-6-7-11(15)9-12(10)16/h6-7,9,13,18H,4-5,8,17H2,1-3H3. The van der Waals surface area contributed by atoms with Crippen molar-refractivity contribution in [3.05, 3.63) is 33.8 Å². The molecule has 1 aromatic rings. The normalized spacial score (nSPS) is 16.1. The Morgan fingerprint density at radius 3 is 2.53 bits per heavy atom. The Morgan fingerprint density at radius 1 is 1.37 bits per heavy atom. The second-order valence-electron chi connectivity index (χ2n) is 4.76. The topological polar surface area (TPSA) is 47.3 Å². The number of benzene rings is 1. The highest BCUT2D eigenvalue weighted by molar-refractivity contribution is 6.35. The van der Waals surface area contributed by atoms with E-state index in [9.17, 15) is 0 Å². The number of hydrogen-bond acceptors (Lipinski definition) is 3. The van der Waals surface area contributed by atoms with Gasteiger partial charge in [0.15, 0.2) is 0 Å². The summed E-state index contributed by atoms with van der Waals surface area (Å²) in [5.74, 6) is 5.69. The first-order valence-corrected chi connectivity index (χ1v) is 7.26. The number of halogens is 2. The van der Waals surface area contributed by atoms with E-state index in [-0.39, 0.29) is 11.6 Å². The van der Waals surface area contributed by atoms with Crippen LogP contribution in [0.1, 0.15) is 32.8 Å². The average molecular weight is 305 g/mol. The number of nitrogens with one attached hydrogen (secondary N) is 1. The van der Waals surface area contributed by atoms with E-state index in [1.54, 1.807) is 6.07 Å². The van der Waals surface area contributed by atoms with Gasteiger partial charge in [-0.25, -0.2) is 0 Å². The van der Waals surface area contributed by atoms with E-state index in [0.29, 0.717) is 23.1 Å². The van der Waals surface area contributed by atoms with Crippen LogP contribution in [0.25, 0.3) is 0 Å². The van der Waals surface area contributed by atoms with Crippen LogP contribution < -0.4 is 11.3 Å². The van der Waals surface area contributed by atoms with Gasteiger partial charge >= 0.3 is 0 Å². The molecule has 0 aliphatic carbocycles. The SMILES string of the molecule is CCOC(C)(CC)C(Cc1ccc(Cl)cc1Cl)NN. The first kappa shape index (κ1) is 16.7. The lowest BCUT2D eigenvalue weighted by Gasteiger charge is -2.36. The average Bonchev–Trinajstić information content (AvgIpc) is 2.38. The number of nitrogens with two attached hydrogens (primary N) is 1. The van der Waals surface area contributed by atoms with Gasteiger partial charge in [0.25, 0.3) is 0 Å². The third-order valence-electron chi connectivity index (χ3n) is 3.55. The van der Waals surface area contributed by atoms with Crippen LogP contribution in [-0.2, 0) is 11.2 Å². The number of hydrazine groups is 1. The zero-order chi connectivity index (χ0) is 14.5. The highest BCUT2D eigenvalue weighted by atomic mass is 35.5. The van der Waals surface area contributed by atoms with Gasteiger partial charge in [0.2, 0.25) is 0 Å². The van der Waals surface area contributed by atoms with Gasteiger partial charge in [-0.05, 0) is 44.4 Å². The van der Waals surface area contributed by atoms with E-state index in [1.807, 2.05) is 19.1 Å². The largest absolute Gasteiger partial charge is 0.374 e. The molecular weight excluding hydrogens is 283 g/mol. The summed E-state index contributed by atoms with van der Waals surface area (Å²) < 4.78 is 5.86. The van der Waals surface area contributed by atoms with Crippen LogP contribution in [0.4, 0.5) is 0 Å². The van der Waals surface area contributed by atoms with Gasteiger partial charge < -0.3 is 4.74 Å². The molecule has 19 heavy (non-hydrogen) atoms. The molecule has 0 amide bonds. The van der Waals surface area contributed by atoms with E-state index in [2.05, 4.69) is 19.3 Å². The van der Waals surface area contributed by atoms with Crippen molar-refractivity contribution in [1.82, 2.24) is 5.43 Å². The lowest BCUT2D eigenvalue weighted by Crippen LogP contribution is -2.54. The van der Waals surface area contributed by atoms with Crippen molar-refractivity contribution in [3.63, 3.8) is 0 Å². The van der Waals surface area contributed by atoms with Crippen molar-refractivity contribution in [3.8, 4) is 0 Å². The highest BCUT2D eigenvalue weighted by Crippen LogP contribution is 2.27. The second kappa shape index (κ2) is 7.46. The predicted molar refractivity (Wildman–Crippen MR) is 81.6 cm³/mol. The summed E-state index contributed by atoms with van der Waals surface area (Å²) in [5, 5.41) is 1.29. The molecule has 1 rings (SSSR count). The van der Waals surface area contributed by atoms with E-state index in [0.717, 1.165) is 12.0 Å². The summed E-state index contributed by atoms with van der Waals surface area (Å²) >= 11 is 12.1. The molecule has 0 fully saturated rings. The third-order valence-corrected chi connectivity index (χ3v) is 4.14. The van der Waals surface area contributed by atoms with Crippen LogP contribution in [0, 0.1) is 0 Å². The Hall–Kier alpha value is -0.320. The summed E-state index contributed by atoms with van der Waals surface area (Å²) in [4.78, 5) is 0. The van der Waals surface area contributed by atoms with Crippen LogP contribution in [0.3, 0.4) is 0 Å². The van der Waals surface area contributed by atoms with E-state index in [1.165, 1.54) is 0 Å². The zero-order valence-corrected chi connectivity index (χ0v) is 13.2. The smallest absolute Gasteiger partial charge is 0.0820 e. The predicted octanol–water partition coefficient (Wildman–Crippen LogP) is 3.57. The van der Waals surface area contributed by atoms with Gasteiger partial charge in [-0.2, -0.15) is 0 Å². The van der Waals surface area contributed by atoms with Crippen LogP contribution >= 0.6 is 23.2 Å². The van der Waals surface area contributed by atoms with Crippen molar-refractivity contribution in [1.29, 1.82) is 0 Å². The van der Waals surface area contributed by atoms with Crippen molar-refractivity contribution in [2.24, 2.45) is 5.84 Å². The van der Waals surface area contributed by atoms with Gasteiger partial charge in [-0.1, -0.05) is 36.2 Å². The fourth-order valence-corrected chi connectivity index (χ4v) is 2.62. The molecule has 2 atom stereocenters. The Morgan fingerprint density at radius 2 is 2.05 bits per heavy atom. The molecule has 0 aliphatic rings.